The largest absolute Gasteiger partial charge is 0.465 e. The van der Waals surface area contributed by atoms with Crippen LogP contribution in [0, 0.1) is 0 Å². The van der Waals surface area contributed by atoms with Crippen molar-refractivity contribution < 1.29 is 13.9 Å². The normalized spacial score (nSPS) is 10.7. The number of benzene rings is 2. The molecule has 0 aliphatic carbocycles. The number of carbonyl (C=O) groups is 1. The van der Waals surface area contributed by atoms with Gasteiger partial charge >= 0.3 is 5.97 Å². The lowest BCUT2D eigenvalue weighted by Crippen LogP contribution is -2.06. The van der Waals surface area contributed by atoms with E-state index >= 15 is 0 Å². The van der Waals surface area contributed by atoms with E-state index in [9.17, 15) is 4.79 Å². The number of aromatic nitrogens is 1. The quantitative estimate of drug-likeness (QED) is 0.372. The highest BCUT2D eigenvalue weighted by atomic mass is 35.5. The van der Waals surface area contributed by atoms with Crippen molar-refractivity contribution in [2.75, 3.05) is 12.4 Å². The topological polar surface area (TPSA) is 52.3 Å². The summed E-state index contributed by atoms with van der Waals surface area (Å²) in [6, 6.07) is 14.6. The lowest BCUT2D eigenvalue weighted by atomic mass is 10.1. The molecule has 7 heteroatoms. The van der Waals surface area contributed by atoms with Gasteiger partial charge in [0, 0.05) is 21.2 Å². The molecule has 0 radical (unpaired) electrons. The van der Waals surface area contributed by atoms with Crippen molar-refractivity contribution in [1.82, 2.24) is 4.98 Å². The second-order valence-corrected chi connectivity index (χ2v) is 7.06. The first-order chi connectivity index (χ1) is 12.6. The molecule has 26 heavy (non-hydrogen) atoms. The van der Waals surface area contributed by atoms with Crippen LogP contribution in [-0.2, 0) is 9.53 Å². The Morgan fingerprint density at radius 1 is 1.04 bits per heavy atom. The lowest BCUT2D eigenvalue weighted by Gasteiger charge is -2.02. The first kappa shape index (κ1) is 18.8. The highest BCUT2D eigenvalue weighted by Crippen LogP contribution is 2.36. The predicted molar refractivity (Wildman–Crippen MR) is 105 cm³/mol. The number of hydrogen-bond acceptors (Lipinski definition) is 5. The summed E-state index contributed by atoms with van der Waals surface area (Å²) in [6.07, 6.45) is 0. The molecule has 1 heterocycles. The number of hydrogen-bond donors (Lipinski definition) is 0. The van der Waals surface area contributed by atoms with Crippen molar-refractivity contribution >= 4 is 40.9 Å². The molecule has 2 aromatic carbocycles. The summed E-state index contributed by atoms with van der Waals surface area (Å²) in [5.41, 5.74) is 2.39. The number of rotatable bonds is 6. The summed E-state index contributed by atoms with van der Waals surface area (Å²) >= 11 is 13.1. The van der Waals surface area contributed by atoms with Crippen LogP contribution in [-0.4, -0.2) is 23.3 Å². The Morgan fingerprint density at radius 2 is 1.62 bits per heavy atom. The molecule has 0 aliphatic heterocycles. The maximum absolute atomic E-state index is 11.6. The molecule has 0 amide bonds. The summed E-state index contributed by atoms with van der Waals surface area (Å²) in [4.78, 5) is 16.1. The fraction of sp³-hybridized carbons (Fsp3) is 0.158. The number of carbonyl (C=O) groups excluding carboxylic acids is 1. The number of thioether (sulfide) groups is 1. The molecule has 0 fully saturated rings. The summed E-state index contributed by atoms with van der Waals surface area (Å²) in [5, 5.41) is 1.67. The van der Waals surface area contributed by atoms with Crippen molar-refractivity contribution in [3.63, 3.8) is 0 Å². The number of ether oxygens (including phenoxy) is 1. The van der Waals surface area contributed by atoms with Gasteiger partial charge in [0.25, 0.3) is 5.22 Å². The highest BCUT2D eigenvalue weighted by Gasteiger charge is 2.18. The Hall–Kier alpha value is -1.95. The zero-order valence-electron chi connectivity index (χ0n) is 13.9. The number of esters is 1. The molecule has 1 aromatic heterocycles. The average Bonchev–Trinajstić information content (AvgIpc) is 3.06. The van der Waals surface area contributed by atoms with E-state index in [0.29, 0.717) is 33.3 Å². The maximum Gasteiger partial charge on any atom is 0.316 e. The fourth-order valence-electron chi connectivity index (χ4n) is 2.29. The molecule has 0 spiro atoms. The van der Waals surface area contributed by atoms with E-state index in [1.54, 1.807) is 31.2 Å². The zero-order valence-corrected chi connectivity index (χ0v) is 16.2. The maximum atomic E-state index is 11.6. The molecule has 0 aliphatic rings. The van der Waals surface area contributed by atoms with Gasteiger partial charge in [0.1, 0.15) is 11.4 Å². The van der Waals surface area contributed by atoms with Crippen LogP contribution in [0.25, 0.3) is 22.6 Å². The molecule has 0 unspecified atom stereocenters. The smallest absolute Gasteiger partial charge is 0.316 e. The Balaban J connectivity index is 1.96. The van der Waals surface area contributed by atoms with Crippen LogP contribution in [0.3, 0.4) is 0 Å². The number of oxazole rings is 1. The molecule has 134 valence electrons. The van der Waals surface area contributed by atoms with Gasteiger partial charge in [0.15, 0.2) is 5.76 Å². The Bertz CT molecular complexity index is 829. The van der Waals surface area contributed by atoms with Crippen molar-refractivity contribution in [3.8, 4) is 22.6 Å². The van der Waals surface area contributed by atoms with E-state index in [1.165, 1.54) is 11.8 Å². The SMILES string of the molecule is CCOC(=O)CSc1nc(-c2ccc(Cl)cc2)c(-c2ccc(Cl)cc2)o1. The van der Waals surface area contributed by atoms with Crippen molar-refractivity contribution in [2.45, 2.75) is 12.1 Å². The third-order valence-electron chi connectivity index (χ3n) is 3.45. The van der Waals surface area contributed by atoms with Crippen molar-refractivity contribution in [3.05, 3.63) is 58.6 Å². The lowest BCUT2D eigenvalue weighted by molar-refractivity contribution is -0.139. The van der Waals surface area contributed by atoms with Crippen molar-refractivity contribution in [1.29, 1.82) is 0 Å². The van der Waals surface area contributed by atoms with Gasteiger partial charge in [0.05, 0.1) is 6.61 Å². The third kappa shape index (κ3) is 4.61. The van der Waals surface area contributed by atoms with E-state index in [-0.39, 0.29) is 11.7 Å². The minimum Gasteiger partial charge on any atom is -0.465 e. The van der Waals surface area contributed by atoms with Crippen LogP contribution in [0.5, 0.6) is 0 Å². The second kappa shape index (κ2) is 8.62. The first-order valence-electron chi connectivity index (χ1n) is 7.88. The van der Waals surface area contributed by atoms with E-state index in [0.717, 1.165) is 11.1 Å². The van der Waals surface area contributed by atoms with Gasteiger partial charge in [0.2, 0.25) is 0 Å². The summed E-state index contributed by atoms with van der Waals surface area (Å²) < 4.78 is 10.9. The minimum atomic E-state index is -0.309. The van der Waals surface area contributed by atoms with Gasteiger partial charge in [-0.3, -0.25) is 4.79 Å². The summed E-state index contributed by atoms with van der Waals surface area (Å²) in [5.74, 6) is 0.432. The van der Waals surface area contributed by atoms with Gasteiger partial charge in [-0.15, -0.1) is 0 Å². The number of nitrogens with zero attached hydrogens (tertiary/aromatic N) is 1. The van der Waals surface area contributed by atoms with Crippen LogP contribution >= 0.6 is 35.0 Å². The Morgan fingerprint density at radius 3 is 2.19 bits per heavy atom. The van der Waals surface area contributed by atoms with Crippen molar-refractivity contribution in [2.24, 2.45) is 0 Å². The minimum absolute atomic E-state index is 0.133. The monoisotopic (exact) mass is 407 g/mol. The Labute approximate surface area is 165 Å². The molecule has 0 N–H and O–H groups in total. The first-order valence-corrected chi connectivity index (χ1v) is 9.62. The third-order valence-corrected chi connectivity index (χ3v) is 4.76. The van der Waals surface area contributed by atoms with Crippen LogP contribution in [0.4, 0.5) is 0 Å². The molecule has 3 rings (SSSR count). The predicted octanol–water partition coefficient (Wildman–Crippen LogP) is 5.97. The van der Waals surface area contributed by atoms with E-state index in [4.69, 9.17) is 32.4 Å². The van der Waals surface area contributed by atoms with E-state index in [2.05, 4.69) is 4.98 Å². The van der Waals surface area contributed by atoms with E-state index < -0.39 is 0 Å². The molecule has 0 atom stereocenters. The molecule has 4 nitrogen and oxygen atoms in total. The Kier molecular flexibility index (Phi) is 6.25. The highest BCUT2D eigenvalue weighted by molar-refractivity contribution is 7.99. The van der Waals surface area contributed by atoms with Crippen LogP contribution < -0.4 is 0 Å². The van der Waals surface area contributed by atoms with Gasteiger partial charge < -0.3 is 9.15 Å². The summed E-state index contributed by atoms with van der Waals surface area (Å²) in [7, 11) is 0. The van der Waals surface area contributed by atoms with Crippen LogP contribution in [0.15, 0.2) is 58.2 Å². The average molecular weight is 408 g/mol. The molecule has 0 bridgehead atoms. The fourth-order valence-corrected chi connectivity index (χ4v) is 3.16. The zero-order chi connectivity index (χ0) is 18.5. The second-order valence-electron chi connectivity index (χ2n) is 5.26. The molecule has 0 saturated heterocycles. The number of halogens is 2. The molecule has 3 aromatic rings. The standard InChI is InChI=1S/C19H15Cl2NO3S/c1-2-24-16(23)11-26-19-22-17(12-3-7-14(20)8-4-12)18(25-19)13-5-9-15(21)10-6-13/h3-10H,2,11H2,1H3. The van der Waals surface area contributed by atoms with E-state index in [1.807, 2.05) is 24.3 Å². The molecule has 0 saturated carbocycles. The van der Waals surface area contributed by atoms with Crippen LogP contribution in [0.1, 0.15) is 6.92 Å². The van der Waals surface area contributed by atoms with Gasteiger partial charge in [-0.2, -0.15) is 0 Å². The van der Waals surface area contributed by atoms with Crippen LogP contribution in [0.2, 0.25) is 10.0 Å². The van der Waals surface area contributed by atoms with Gasteiger partial charge in [-0.05, 0) is 43.3 Å². The molecular formula is C19H15Cl2NO3S. The van der Waals surface area contributed by atoms with Gasteiger partial charge in [-0.25, -0.2) is 4.98 Å². The van der Waals surface area contributed by atoms with Gasteiger partial charge in [-0.1, -0.05) is 47.1 Å². The summed E-state index contributed by atoms with van der Waals surface area (Å²) in [6.45, 7) is 2.11. The molecular weight excluding hydrogens is 393 g/mol.